The third-order valence-electron chi connectivity index (χ3n) is 2.06. The number of ether oxygens (including phenoxy) is 1. The molecule has 0 aromatic heterocycles. The molecule has 90 valence electrons. The van der Waals surface area contributed by atoms with Crippen molar-refractivity contribution in [2.45, 2.75) is 0 Å². The van der Waals surface area contributed by atoms with Crippen molar-refractivity contribution in [2.75, 3.05) is 18.9 Å². The van der Waals surface area contributed by atoms with Gasteiger partial charge in [-0.1, -0.05) is 23.9 Å². The van der Waals surface area contributed by atoms with Gasteiger partial charge in [0.25, 0.3) is 5.91 Å². The molecule has 0 aliphatic carbocycles. The molecule has 1 aliphatic heterocycles. The van der Waals surface area contributed by atoms with Crippen LogP contribution < -0.4 is 10.1 Å². The average molecular weight is 252 g/mol. The summed E-state index contributed by atoms with van der Waals surface area (Å²) < 4.78 is 5.18. The van der Waals surface area contributed by atoms with Crippen molar-refractivity contribution in [2.24, 2.45) is 4.99 Å². The van der Waals surface area contributed by atoms with Crippen molar-refractivity contribution < 1.29 is 14.6 Å². The zero-order chi connectivity index (χ0) is 12.1. The number of amidine groups is 1. The van der Waals surface area contributed by atoms with E-state index in [0.29, 0.717) is 10.9 Å². The van der Waals surface area contributed by atoms with E-state index in [1.54, 1.807) is 18.2 Å². The minimum atomic E-state index is -0.276. The Morgan fingerprint density at radius 2 is 2.35 bits per heavy atom. The lowest BCUT2D eigenvalue weighted by atomic mass is 10.3. The number of rotatable bonds is 3. The molecule has 2 rings (SSSR count). The monoisotopic (exact) mass is 252 g/mol. The van der Waals surface area contributed by atoms with Gasteiger partial charge in [0.1, 0.15) is 0 Å². The number of phenolic OH excluding ortho intramolecular Hbond substituents is 1. The van der Waals surface area contributed by atoms with Crippen LogP contribution in [-0.2, 0) is 4.79 Å². The van der Waals surface area contributed by atoms with Gasteiger partial charge >= 0.3 is 0 Å². The Kier molecular flexibility index (Phi) is 3.87. The first kappa shape index (κ1) is 11.8. The Labute approximate surface area is 103 Å². The van der Waals surface area contributed by atoms with E-state index in [4.69, 9.17) is 4.74 Å². The van der Waals surface area contributed by atoms with E-state index in [1.807, 2.05) is 0 Å². The van der Waals surface area contributed by atoms with Crippen LogP contribution in [0.2, 0.25) is 0 Å². The highest BCUT2D eigenvalue weighted by Gasteiger charge is 2.11. The van der Waals surface area contributed by atoms with E-state index in [0.717, 1.165) is 12.3 Å². The number of nitrogens with zero attached hydrogens (tertiary/aromatic N) is 1. The maximum atomic E-state index is 11.5. The summed E-state index contributed by atoms with van der Waals surface area (Å²) in [5.74, 6) is 0.939. The molecular weight excluding hydrogens is 240 g/mol. The summed E-state index contributed by atoms with van der Waals surface area (Å²) in [4.78, 5) is 15.6. The molecule has 0 unspecified atom stereocenters. The lowest BCUT2D eigenvalue weighted by Gasteiger charge is -2.07. The normalized spacial score (nSPS) is 14.2. The predicted octanol–water partition coefficient (Wildman–Crippen LogP) is 0.990. The van der Waals surface area contributed by atoms with Crippen molar-refractivity contribution >= 4 is 22.8 Å². The minimum absolute atomic E-state index is 0.0212. The van der Waals surface area contributed by atoms with E-state index < -0.39 is 0 Å². The van der Waals surface area contributed by atoms with Crippen molar-refractivity contribution in [3.8, 4) is 11.5 Å². The summed E-state index contributed by atoms with van der Waals surface area (Å²) in [5.41, 5.74) is 0. The fourth-order valence-corrected chi connectivity index (χ4v) is 2.03. The van der Waals surface area contributed by atoms with Crippen molar-refractivity contribution in [3.05, 3.63) is 24.3 Å². The summed E-state index contributed by atoms with van der Waals surface area (Å²) in [7, 11) is 0. The van der Waals surface area contributed by atoms with Gasteiger partial charge in [0.05, 0.1) is 6.54 Å². The number of para-hydroxylation sites is 2. The minimum Gasteiger partial charge on any atom is -0.504 e. The van der Waals surface area contributed by atoms with E-state index >= 15 is 0 Å². The van der Waals surface area contributed by atoms with Gasteiger partial charge in [-0.25, -0.2) is 0 Å². The molecule has 5 nitrogen and oxygen atoms in total. The van der Waals surface area contributed by atoms with Crippen LogP contribution >= 0.6 is 11.8 Å². The Balaban J connectivity index is 1.82. The summed E-state index contributed by atoms with van der Waals surface area (Å²) >= 11 is 1.51. The van der Waals surface area contributed by atoms with E-state index in [-0.39, 0.29) is 18.3 Å². The first-order valence-corrected chi connectivity index (χ1v) is 6.12. The molecule has 0 spiro atoms. The van der Waals surface area contributed by atoms with E-state index in [1.165, 1.54) is 17.8 Å². The highest BCUT2D eigenvalue weighted by Crippen LogP contribution is 2.23. The van der Waals surface area contributed by atoms with Gasteiger partial charge in [0, 0.05) is 5.75 Å². The topological polar surface area (TPSA) is 70.9 Å². The van der Waals surface area contributed by atoms with Gasteiger partial charge in [0.15, 0.2) is 23.3 Å². The summed E-state index contributed by atoms with van der Waals surface area (Å²) in [6.45, 7) is 0.595. The lowest BCUT2D eigenvalue weighted by Crippen LogP contribution is -2.32. The Morgan fingerprint density at radius 1 is 1.53 bits per heavy atom. The lowest BCUT2D eigenvalue weighted by molar-refractivity contribution is -0.121. The maximum absolute atomic E-state index is 11.5. The van der Waals surface area contributed by atoms with Gasteiger partial charge in [-0.15, -0.1) is 0 Å². The number of thioether (sulfide) groups is 1. The zero-order valence-electron chi connectivity index (χ0n) is 9.05. The average Bonchev–Trinajstić information content (AvgIpc) is 2.81. The van der Waals surface area contributed by atoms with E-state index in [2.05, 4.69) is 10.3 Å². The molecule has 1 amide bonds. The van der Waals surface area contributed by atoms with Crippen molar-refractivity contribution in [3.63, 3.8) is 0 Å². The first-order valence-electron chi connectivity index (χ1n) is 5.13. The van der Waals surface area contributed by atoms with Crippen LogP contribution in [0.3, 0.4) is 0 Å². The Hall–Kier alpha value is -1.69. The number of phenols is 1. The molecule has 0 atom stereocenters. The number of nitrogens with one attached hydrogen (secondary N) is 1. The first-order chi connectivity index (χ1) is 8.25. The van der Waals surface area contributed by atoms with Gasteiger partial charge < -0.3 is 15.2 Å². The molecule has 17 heavy (non-hydrogen) atoms. The number of aromatic hydroxyl groups is 1. The molecule has 0 saturated carbocycles. The van der Waals surface area contributed by atoms with Crippen LogP contribution in [0.4, 0.5) is 0 Å². The number of aliphatic imine (C=N–C) groups is 1. The number of carbonyl (C=O) groups excluding carboxylic acids is 1. The molecule has 1 heterocycles. The Bertz CT molecular complexity index is 448. The largest absolute Gasteiger partial charge is 0.504 e. The summed E-state index contributed by atoms with van der Waals surface area (Å²) in [5, 5.41) is 12.7. The SMILES string of the molecule is O=C(COc1ccccc1O)NC1=NCCS1. The van der Waals surface area contributed by atoms with Gasteiger partial charge in [-0.3, -0.25) is 9.79 Å². The van der Waals surface area contributed by atoms with Crippen molar-refractivity contribution in [1.82, 2.24) is 5.32 Å². The molecule has 2 N–H and O–H groups in total. The van der Waals surface area contributed by atoms with Crippen LogP contribution in [0.5, 0.6) is 11.5 Å². The second-order valence-electron chi connectivity index (χ2n) is 3.34. The van der Waals surface area contributed by atoms with Gasteiger partial charge in [-0.05, 0) is 12.1 Å². The molecule has 0 saturated heterocycles. The van der Waals surface area contributed by atoms with Crippen LogP contribution in [0.25, 0.3) is 0 Å². The quantitative estimate of drug-likeness (QED) is 0.841. The maximum Gasteiger partial charge on any atom is 0.263 e. The standard InChI is InChI=1S/C11H12N2O3S/c14-8-3-1-2-4-9(8)16-7-10(15)13-11-12-5-6-17-11/h1-4,14H,5-7H2,(H,12,13,15). The van der Waals surface area contributed by atoms with Crippen molar-refractivity contribution in [1.29, 1.82) is 0 Å². The molecular formula is C11H12N2O3S. The third kappa shape index (κ3) is 3.39. The number of amides is 1. The van der Waals surface area contributed by atoms with Crippen LogP contribution in [0.15, 0.2) is 29.3 Å². The third-order valence-corrected chi connectivity index (χ3v) is 2.95. The number of hydrogen-bond donors (Lipinski definition) is 2. The summed E-state index contributed by atoms with van der Waals surface area (Å²) in [6, 6.07) is 6.52. The van der Waals surface area contributed by atoms with Gasteiger partial charge in [0.2, 0.25) is 0 Å². The van der Waals surface area contributed by atoms with Crippen LogP contribution in [0, 0.1) is 0 Å². The number of carbonyl (C=O) groups is 1. The second-order valence-corrected chi connectivity index (χ2v) is 4.42. The Morgan fingerprint density at radius 3 is 3.06 bits per heavy atom. The van der Waals surface area contributed by atoms with E-state index in [9.17, 15) is 9.90 Å². The highest BCUT2D eigenvalue weighted by atomic mass is 32.2. The molecule has 1 aliphatic rings. The molecule has 0 fully saturated rings. The van der Waals surface area contributed by atoms with Gasteiger partial charge in [-0.2, -0.15) is 0 Å². The molecule has 0 radical (unpaired) electrons. The molecule has 1 aromatic carbocycles. The fourth-order valence-electron chi connectivity index (χ4n) is 1.29. The number of benzene rings is 1. The van der Waals surface area contributed by atoms with Crippen LogP contribution in [0.1, 0.15) is 0 Å². The summed E-state index contributed by atoms with van der Waals surface area (Å²) in [6.07, 6.45) is 0. The second kappa shape index (κ2) is 5.58. The molecule has 1 aromatic rings. The number of hydrogen-bond acceptors (Lipinski definition) is 5. The fraction of sp³-hybridized carbons (Fsp3) is 0.273. The molecule has 0 bridgehead atoms. The van der Waals surface area contributed by atoms with Crippen LogP contribution in [-0.4, -0.2) is 35.1 Å². The predicted molar refractivity (Wildman–Crippen MR) is 66.5 cm³/mol. The molecule has 6 heteroatoms. The zero-order valence-corrected chi connectivity index (χ0v) is 9.87. The smallest absolute Gasteiger partial charge is 0.263 e. The highest BCUT2D eigenvalue weighted by molar-refractivity contribution is 8.14.